The lowest BCUT2D eigenvalue weighted by Crippen LogP contribution is -2.48. The highest BCUT2D eigenvalue weighted by Crippen LogP contribution is 2.44. The first-order valence-corrected chi connectivity index (χ1v) is 10.6. The summed E-state index contributed by atoms with van der Waals surface area (Å²) >= 11 is 1.16. The van der Waals surface area contributed by atoms with Crippen molar-refractivity contribution in [2.75, 3.05) is 25.0 Å². The molecule has 2 aliphatic heterocycles. The van der Waals surface area contributed by atoms with Crippen LogP contribution >= 0.6 is 11.3 Å². The monoisotopic (exact) mass is 464 g/mol. The highest BCUT2D eigenvalue weighted by Gasteiger charge is 2.43. The molecule has 1 fully saturated rings. The Bertz CT molecular complexity index is 1130. The molecule has 5 rings (SSSR count). The molecule has 0 spiro atoms. The number of amides is 1. The van der Waals surface area contributed by atoms with Gasteiger partial charge in [0.2, 0.25) is 5.91 Å². The molecule has 2 aromatic heterocycles. The van der Waals surface area contributed by atoms with Gasteiger partial charge in [0, 0.05) is 37.4 Å². The first-order valence-electron chi connectivity index (χ1n) is 9.83. The second-order valence-electron chi connectivity index (χ2n) is 7.46. The molecule has 2 atom stereocenters. The number of hydrogen-bond acceptors (Lipinski definition) is 8. The van der Waals surface area contributed by atoms with Crippen molar-refractivity contribution in [2.45, 2.75) is 25.4 Å². The SMILES string of the molecule is C[C@@H](C(=O)Nc1nc2cc3c(cc2s1)OC(F)(F)O3)N1CCOC(c2cc[n+]([O-])cc2)C1. The summed E-state index contributed by atoms with van der Waals surface area (Å²) in [5.41, 5.74) is 1.28. The number of carbonyl (C=O) groups excluding carboxylic acids is 1. The molecule has 3 aromatic rings. The van der Waals surface area contributed by atoms with E-state index < -0.39 is 12.3 Å². The Balaban J connectivity index is 1.26. The van der Waals surface area contributed by atoms with Crippen LogP contribution < -0.4 is 19.5 Å². The third-order valence-electron chi connectivity index (χ3n) is 5.37. The van der Waals surface area contributed by atoms with Crippen molar-refractivity contribution in [3.8, 4) is 11.5 Å². The van der Waals surface area contributed by atoms with E-state index in [9.17, 15) is 18.8 Å². The molecule has 9 nitrogen and oxygen atoms in total. The van der Waals surface area contributed by atoms with Crippen molar-refractivity contribution in [1.82, 2.24) is 9.88 Å². The Morgan fingerprint density at radius 3 is 2.81 bits per heavy atom. The minimum Gasteiger partial charge on any atom is -0.619 e. The van der Waals surface area contributed by atoms with Gasteiger partial charge in [-0.05, 0) is 12.5 Å². The zero-order valence-corrected chi connectivity index (χ0v) is 17.6. The van der Waals surface area contributed by atoms with Crippen molar-refractivity contribution in [2.24, 2.45) is 0 Å². The van der Waals surface area contributed by atoms with Crippen LogP contribution in [0.5, 0.6) is 11.5 Å². The van der Waals surface area contributed by atoms with Crippen LogP contribution in [-0.4, -0.2) is 47.8 Å². The molecular weight excluding hydrogens is 446 g/mol. The number of anilines is 1. The summed E-state index contributed by atoms with van der Waals surface area (Å²) < 4.78 is 42.4. The van der Waals surface area contributed by atoms with Gasteiger partial charge in [-0.25, -0.2) is 4.98 Å². The van der Waals surface area contributed by atoms with Gasteiger partial charge in [0.15, 0.2) is 29.0 Å². The summed E-state index contributed by atoms with van der Waals surface area (Å²) in [4.78, 5) is 19.1. The van der Waals surface area contributed by atoms with E-state index in [2.05, 4.69) is 19.8 Å². The number of hydrogen-bond donors (Lipinski definition) is 1. The van der Waals surface area contributed by atoms with Gasteiger partial charge in [0.1, 0.15) is 0 Å². The molecule has 12 heteroatoms. The fourth-order valence-corrected chi connectivity index (χ4v) is 4.54. The van der Waals surface area contributed by atoms with E-state index in [1.54, 1.807) is 19.1 Å². The highest BCUT2D eigenvalue weighted by atomic mass is 32.1. The number of fused-ring (bicyclic) bond motifs is 2. The van der Waals surface area contributed by atoms with E-state index in [0.717, 1.165) is 16.9 Å². The summed E-state index contributed by atoms with van der Waals surface area (Å²) in [5.74, 6) is -0.413. The quantitative estimate of drug-likeness (QED) is 0.468. The van der Waals surface area contributed by atoms with Gasteiger partial charge in [-0.3, -0.25) is 9.69 Å². The lowest BCUT2D eigenvalue weighted by Gasteiger charge is -2.36. The predicted molar refractivity (Wildman–Crippen MR) is 110 cm³/mol. The Morgan fingerprint density at radius 1 is 1.34 bits per heavy atom. The molecular formula is C20H18F2N4O5S. The standard InChI is InChI=1S/C20H18F2N4O5S/c1-11(25-6-7-29-16(10-25)12-2-4-26(28)5-3-12)18(27)24-19-23-13-8-14-15(9-17(13)32-19)31-20(21,22)30-14/h2-5,8-9,11,16H,6-7,10H2,1H3,(H,23,24,27)/t11-,16?/m0/s1. The van der Waals surface area contributed by atoms with Crippen molar-refractivity contribution >= 4 is 32.6 Å². The number of nitrogens with zero attached hydrogens (tertiary/aromatic N) is 3. The molecule has 0 radical (unpaired) electrons. The number of aromatic nitrogens is 2. The first-order chi connectivity index (χ1) is 15.3. The maximum absolute atomic E-state index is 13.2. The number of morpholine rings is 1. The van der Waals surface area contributed by atoms with Crippen molar-refractivity contribution < 1.29 is 32.5 Å². The van der Waals surface area contributed by atoms with Gasteiger partial charge in [-0.2, -0.15) is 4.73 Å². The minimum absolute atomic E-state index is 0.0693. The third kappa shape index (κ3) is 4.04. The average molecular weight is 464 g/mol. The molecule has 1 N–H and O–H groups in total. The molecule has 1 saturated heterocycles. The predicted octanol–water partition coefficient (Wildman–Crippen LogP) is 2.65. The van der Waals surface area contributed by atoms with E-state index in [0.29, 0.717) is 39.8 Å². The fourth-order valence-electron chi connectivity index (χ4n) is 3.66. The Morgan fingerprint density at radius 2 is 2.06 bits per heavy atom. The largest absolute Gasteiger partial charge is 0.619 e. The molecule has 0 bridgehead atoms. The van der Waals surface area contributed by atoms with Crippen molar-refractivity contribution in [1.29, 1.82) is 0 Å². The highest BCUT2D eigenvalue weighted by molar-refractivity contribution is 7.22. The number of thiazole rings is 1. The lowest BCUT2D eigenvalue weighted by molar-refractivity contribution is -0.605. The van der Waals surface area contributed by atoms with Crippen LogP contribution in [0.4, 0.5) is 13.9 Å². The molecule has 0 saturated carbocycles. The molecule has 4 heterocycles. The Labute approximate surface area is 184 Å². The van der Waals surface area contributed by atoms with Gasteiger partial charge >= 0.3 is 6.29 Å². The van der Waals surface area contributed by atoms with Crippen LogP contribution in [0.1, 0.15) is 18.6 Å². The Hall–Kier alpha value is -3.09. The minimum atomic E-state index is -3.69. The maximum atomic E-state index is 13.2. The first kappa shape index (κ1) is 20.8. The molecule has 2 aliphatic rings. The van der Waals surface area contributed by atoms with Crippen molar-refractivity contribution in [3.05, 3.63) is 47.4 Å². The third-order valence-corrected chi connectivity index (χ3v) is 6.30. The number of ether oxygens (including phenoxy) is 3. The number of halogens is 2. The second-order valence-corrected chi connectivity index (χ2v) is 8.49. The van der Waals surface area contributed by atoms with E-state index in [-0.39, 0.29) is 23.5 Å². The maximum Gasteiger partial charge on any atom is 0.586 e. The molecule has 1 unspecified atom stereocenters. The molecule has 0 aliphatic carbocycles. The van der Waals surface area contributed by atoms with E-state index in [4.69, 9.17) is 4.74 Å². The summed E-state index contributed by atoms with van der Waals surface area (Å²) in [6.45, 7) is 3.31. The molecule has 168 valence electrons. The lowest BCUT2D eigenvalue weighted by atomic mass is 10.1. The number of nitrogens with one attached hydrogen (secondary N) is 1. The van der Waals surface area contributed by atoms with Crippen LogP contribution in [0.25, 0.3) is 10.2 Å². The second kappa shape index (κ2) is 7.80. The smallest absolute Gasteiger partial charge is 0.586 e. The van der Waals surface area contributed by atoms with E-state index in [1.165, 1.54) is 24.5 Å². The summed E-state index contributed by atoms with van der Waals surface area (Å²) in [5, 5.41) is 14.4. The summed E-state index contributed by atoms with van der Waals surface area (Å²) in [7, 11) is 0. The zero-order chi connectivity index (χ0) is 22.5. The number of pyridine rings is 1. The zero-order valence-electron chi connectivity index (χ0n) is 16.8. The van der Waals surface area contributed by atoms with Crippen LogP contribution in [0.15, 0.2) is 36.7 Å². The normalized spacial score (nSPS) is 20.9. The summed E-state index contributed by atoms with van der Waals surface area (Å²) in [6, 6.07) is 5.72. The van der Waals surface area contributed by atoms with Crippen LogP contribution in [0.2, 0.25) is 0 Å². The van der Waals surface area contributed by atoms with Gasteiger partial charge in [0.25, 0.3) is 0 Å². The van der Waals surface area contributed by atoms with E-state index in [1.807, 2.05) is 4.90 Å². The van der Waals surface area contributed by atoms with Crippen LogP contribution in [0, 0.1) is 5.21 Å². The number of carbonyl (C=O) groups is 1. The van der Waals surface area contributed by atoms with Gasteiger partial charge in [-0.1, -0.05) is 11.3 Å². The Kier molecular flexibility index (Phi) is 5.07. The molecule has 32 heavy (non-hydrogen) atoms. The topological polar surface area (TPSA) is 99.9 Å². The summed E-state index contributed by atoms with van der Waals surface area (Å²) in [6.07, 6.45) is -1.12. The fraction of sp³-hybridized carbons (Fsp3) is 0.350. The average Bonchev–Trinajstić information content (AvgIpc) is 3.28. The van der Waals surface area contributed by atoms with Gasteiger partial charge in [-0.15, -0.1) is 8.78 Å². The van der Waals surface area contributed by atoms with Crippen LogP contribution in [-0.2, 0) is 9.53 Å². The molecule has 1 amide bonds. The number of rotatable bonds is 4. The van der Waals surface area contributed by atoms with E-state index >= 15 is 0 Å². The number of benzene rings is 1. The van der Waals surface area contributed by atoms with Gasteiger partial charge in [0.05, 0.1) is 29.0 Å². The molecule has 1 aromatic carbocycles. The van der Waals surface area contributed by atoms with Crippen LogP contribution in [0.3, 0.4) is 0 Å². The van der Waals surface area contributed by atoms with Gasteiger partial charge < -0.3 is 24.7 Å². The van der Waals surface area contributed by atoms with Crippen molar-refractivity contribution in [3.63, 3.8) is 0 Å². The number of alkyl halides is 2.